The maximum absolute atomic E-state index is 11.2. The first-order chi connectivity index (χ1) is 5.74. The van der Waals surface area contributed by atoms with Gasteiger partial charge < -0.3 is 10.2 Å². The molecule has 1 heterocycles. The molecule has 0 atom stereocenters. The fraction of sp³-hybridized carbons (Fsp3) is 0.500. The van der Waals surface area contributed by atoms with Crippen LogP contribution in [-0.4, -0.2) is 36.3 Å². The predicted molar refractivity (Wildman–Crippen MR) is 44.4 cm³/mol. The van der Waals surface area contributed by atoms with Crippen LogP contribution in [0.3, 0.4) is 0 Å². The van der Waals surface area contributed by atoms with Crippen LogP contribution < -0.4 is 5.32 Å². The molecule has 1 saturated heterocycles. The zero-order valence-electron chi connectivity index (χ0n) is 6.88. The van der Waals surface area contributed by atoms with E-state index in [-0.39, 0.29) is 18.4 Å². The van der Waals surface area contributed by atoms with E-state index in [2.05, 4.69) is 11.9 Å². The summed E-state index contributed by atoms with van der Waals surface area (Å²) in [6.45, 7) is 4.82. The van der Waals surface area contributed by atoms with Crippen LogP contribution in [0.5, 0.6) is 0 Å². The van der Waals surface area contributed by atoms with Crippen LogP contribution >= 0.6 is 0 Å². The van der Waals surface area contributed by atoms with Gasteiger partial charge in [0.05, 0.1) is 6.54 Å². The molecule has 0 saturated carbocycles. The first-order valence-corrected chi connectivity index (χ1v) is 3.89. The van der Waals surface area contributed by atoms with Crippen molar-refractivity contribution < 1.29 is 9.59 Å². The van der Waals surface area contributed by atoms with Crippen LogP contribution in [0.15, 0.2) is 12.7 Å². The Labute approximate surface area is 71.2 Å². The lowest BCUT2D eigenvalue weighted by molar-refractivity contribution is -0.137. The van der Waals surface area contributed by atoms with Gasteiger partial charge in [-0.2, -0.15) is 0 Å². The minimum absolute atomic E-state index is 0.0279. The summed E-state index contributed by atoms with van der Waals surface area (Å²) in [5.41, 5.74) is 0. The molecule has 0 aromatic carbocycles. The van der Waals surface area contributed by atoms with Crippen molar-refractivity contribution in [1.82, 2.24) is 10.2 Å². The van der Waals surface area contributed by atoms with E-state index in [1.54, 1.807) is 11.0 Å². The number of hydrogen-bond acceptors (Lipinski definition) is 2. The summed E-state index contributed by atoms with van der Waals surface area (Å²) in [4.78, 5) is 23.6. The number of nitrogens with zero attached hydrogens (tertiary/aromatic N) is 1. The van der Waals surface area contributed by atoms with Gasteiger partial charge in [0, 0.05) is 19.5 Å². The smallest absolute Gasteiger partial charge is 0.239 e. The maximum atomic E-state index is 11.2. The maximum Gasteiger partial charge on any atom is 0.239 e. The van der Waals surface area contributed by atoms with E-state index in [1.807, 2.05) is 0 Å². The van der Waals surface area contributed by atoms with Crippen molar-refractivity contribution in [2.45, 2.75) is 6.42 Å². The highest BCUT2D eigenvalue weighted by Crippen LogP contribution is 1.97. The number of hydrogen-bond donors (Lipinski definition) is 1. The molecule has 12 heavy (non-hydrogen) atoms. The monoisotopic (exact) mass is 168 g/mol. The van der Waals surface area contributed by atoms with E-state index in [4.69, 9.17) is 0 Å². The molecule has 0 aliphatic carbocycles. The highest BCUT2D eigenvalue weighted by molar-refractivity contribution is 5.86. The number of rotatable bonds is 2. The lowest BCUT2D eigenvalue weighted by Crippen LogP contribution is -2.49. The first-order valence-electron chi connectivity index (χ1n) is 3.89. The SMILES string of the molecule is C=CCC(=O)N1CCNC(=O)C1. The van der Waals surface area contributed by atoms with E-state index in [0.717, 1.165) is 0 Å². The van der Waals surface area contributed by atoms with Gasteiger partial charge >= 0.3 is 0 Å². The van der Waals surface area contributed by atoms with Gasteiger partial charge in [0.1, 0.15) is 0 Å². The second-order valence-electron chi connectivity index (χ2n) is 2.66. The Kier molecular flexibility index (Phi) is 2.85. The number of amides is 2. The summed E-state index contributed by atoms with van der Waals surface area (Å²) in [5.74, 6) is -0.112. The quantitative estimate of drug-likeness (QED) is 0.566. The minimum Gasteiger partial charge on any atom is -0.353 e. The van der Waals surface area contributed by atoms with Crippen molar-refractivity contribution in [3.63, 3.8) is 0 Å². The Balaban J connectivity index is 2.45. The summed E-state index contributed by atoms with van der Waals surface area (Å²) >= 11 is 0. The summed E-state index contributed by atoms with van der Waals surface area (Å²) in [6, 6.07) is 0. The zero-order chi connectivity index (χ0) is 8.97. The van der Waals surface area contributed by atoms with Crippen molar-refractivity contribution in [2.75, 3.05) is 19.6 Å². The Morgan fingerprint density at radius 1 is 1.75 bits per heavy atom. The van der Waals surface area contributed by atoms with Gasteiger partial charge in [-0.05, 0) is 0 Å². The molecule has 0 spiro atoms. The molecule has 4 heteroatoms. The van der Waals surface area contributed by atoms with Crippen LogP contribution in [0.25, 0.3) is 0 Å². The zero-order valence-corrected chi connectivity index (χ0v) is 6.88. The largest absolute Gasteiger partial charge is 0.353 e. The van der Waals surface area contributed by atoms with Crippen molar-refractivity contribution in [2.24, 2.45) is 0 Å². The Morgan fingerprint density at radius 2 is 2.50 bits per heavy atom. The Bertz CT molecular complexity index is 213. The van der Waals surface area contributed by atoms with Gasteiger partial charge in [-0.3, -0.25) is 9.59 Å². The molecule has 1 N–H and O–H groups in total. The second kappa shape index (κ2) is 3.90. The first kappa shape index (κ1) is 8.77. The number of carbonyl (C=O) groups is 2. The van der Waals surface area contributed by atoms with E-state index >= 15 is 0 Å². The molecule has 2 amide bonds. The van der Waals surface area contributed by atoms with Crippen LogP contribution in [-0.2, 0) is 9.59 Å². The predicted octanol–water partition coefficient (Wildman–Crippen LogP) is -0.479. The highest BCUT2D eigenvalue weighted by atomic mass is 16.2. The summed E-state index contributed by atoms with van der Waals surface area (Å²) in [6.07, 6.45) is 1.86. The number of piperazine rings is 1. The van der Waals surface area contributed by atoms with Crippen LogP contribution in [0.2, 0.25) is 0 Å². The fourth-order valence-corrected chi connectivity index (χ4v) is 1.10. The molecule has 4 nitrogen and oxygen atoms in total. The standard InChI is InChI=1S/C8H12N2O2/c1-2-3-8(12)10-5-4-9-7(11)6-10/h2H,1,3-6H2,(H,9,11). The molecule has 66 valence electrons. The van der Waals surface area contributed by atoms with E-state index in [9.17, 15) is 9.59 Å². The average molecular weight is 168 g/mol. The summed E-state index contributed by atoms with van der Waals surface area (Å²) in [5, 5.41) is 2.65. The Morgan fingerprint density at radius 3 is 3.08 bits per heavy atom. The second-order valence-corrected chi connectivity index (χ2v) is 2.66. The lowest BCUT2D eigenvalue weighted by Gasteiger charge is -2.26. The minimum atomic E-state index is -0.0846. The van der Waals surface area contributed by atoms with Gasteiger partial charge in [0.15, 0.2) is 0 Å². The third-order valence-corrected chi connectivity index (χ3v) is 1.71. The molecule has 0 aromatic heterocycles. The van der Waals surface area contributed by atoms with Gasteiger partial charge in [-0.15, -0.1) is 6.58 Å². The van der Waals surface area contributed by atoms with Crippen LogP contribution in [0, 0.1) is 0 Å². The van der Waals surface area contributed by atoms with Crippen molar-refractivity contribution in [1.29, 1.82) is 0 Å². The third kappa shape index (κ3) is 2.08. The molecule has 0 aromatic rings. The molecular formula is C8H12N2O2. The van der Waals surface area contributed by atoms with Crippen molar-refractivity contribution >= 4 is 11.8 Å². The molecule has 0 bridgehead atoms. The summed E-state index contributed by atoms with van der Waals surface area (Å²) < 4.78 is 0. The number of nitrogens with one attached hydrogen (secondary N) is 1. The number of carbonyl (C=O) groups excluding carboxylic acids is 2. The Hall–Kier alpha value is -1.32. The molecule has 1 aliphatic heterocycles. The third-order valence-electron chi connectivity index (χ3n) is 1.71. The molecule has 0 unspecified atom stereocenters. The molecule has 1 fully saturated rings. The van der Waals surface area contributed by atoms with Crippen molar-refractivity contribution in [3.8, 4) is 0 Å². The van der Waals surface area contributed by atoms with Crippen LogP contribution in [0.1, 0.15) is 6.42 Å². The van der Waals surface area contributed by atoms with E-state index in [0.29, 0.717) is 19.5 Å². The normalized spacial score (nSPS) is 17.0. The van der Waals surface area contributed by atoms with Gasteiger partial charge in [0.2, 0.25) is 11.8 Å². The van der Waals surface area contributed by atoms with Crippen molar-refractivity contribution in [3.05, 3.63) is 12.7 Å². The highest BCUT2D eigenvalue weighted by Gasteiger charge is 2.19. The molecule has 1 aliphatic rings. The van der Waals surface area contributed by atoms with Gasteiger partial charge in [-0.25, -0.2) is 0 Å². The average Bonchev–Trinajstić information content (AvgIpc) is 2.05. The van der Waals surface area contributed by atoms with E-state index in [1.165, 1.54) is 0 Å². The topological polar surface area (TPSA) is 49.4 Å². The lowest BCUT2D eigenvalue weighted by atomic mass is 10.3. The fourth-order valence-electron chi connectivity index (χ4n) is 1.10. The van der Waals surface area contributed by atoms with Crippen LogP contribution in [0.4, 0.5) is 0 Å². The van der Waals surface area contributed by atoms with E-state index < -0.39 is 0 Å². The van der Waals surface area contributed by atoms with Gasteiger partial charge in [0.25, 0.3) is 0 Å². The molecular weight excluding hydrogens is 156 g/mol. The molecule has 1 rings (SSSR count). The summed E-state index contributed by atoms with van der Waals surface area (Å²) in [7, 11) is 0. The molecule has 0 radical (unpaired) electrons. The van der Waals surface area contributed by atoms with Gasteiger partial charge in [-0.1, -0.05) is 6.08 Å².